The van der Waals surface area contributed by atoms with E-state index in [9.17, 15) is 0 Å². The maximum Gasteiger partial charge on any atom is 0.138 e. The van der Waals surface area contributed by atoms with Crippen molar-refractivity contribution < 1.29 is 0 Å². The lowest BCUT2D eigenvalue weighted by Gasteiger charge is -2.29. The highest BCUT2D eigenvalue weighted by Gasteiger charge is 2.12. The zero-order chi connectivity index (χ0) is 14.1. The number of imidazole rings is 1. The Morgan fingerprint density at radius 3 is 2.48 bits per heavy atom. The van der Waals surface area contributed by atoms with Gasteiger partial charge in [-0.1, -0.05) is 24.3 Å². The monoisotopic (exact) mass is 350 g/mol. The summed E-state index contributed by atoms with van der Waals surface area (Å²) in [6, 6.07) is 16.8. The minimum atomic E-state index is 0. The third-order valence-corrected chi connectivity index (χ3v) is 3.99. The maximum atomic E-state index is 4.68. The second-order valence-corrected chi connectivity index (χ2v) is 5.39. The molecule has 2 heterocycles. The minimum absolute atomic E-state index is 0. The number of anilines is 1. The van der Waals surface area contributed by atoms with Crippen LogP contribution in [0.25, 0.3) is 22.4 Å². The highest BCUT2D eigenvalue weighted by Crippen LogP contribution is 2.25. The van der Waals surface area contributed by atoms with Crippen LogP contribution in [0.4, 0.5) is 5.69 Å². The van der Waals surface area contributed by atoms with Gasteiger partial charge >= 0.3 is 0 Å². The van der Waals surface area contributed by atoms with E-state index in [0.29, 0.717) is 0 Å². The van der Waals surface area contributed by atoms with Gasteiger partial charge in [0.05, 0.1) is 11.0 Å². The number of rotatable bonds is 2. The van der Waals surface area contributed by atoms with Gasteiger partial charge in [0.25, 0.3) is 0 Å². The van der Waals surface area contributed by atoms with Crippen molar-refractivity contribution in [2.75, 3.05) is 31.1 Å². The van der Waals surface area contributed by atoms with Crippen LogP contribution in [0.15, 0.2) is 48.5 Å². The number of nitrogens with one attached hydrogen (secondary N) is 2. The first kappa shape index (κ1) is 17.6. The van der Waals surface area contributed by atoms with E-state index in [2.05, 4.69) is 50.5 Å². The number of halogens is 2. The first-order valence-corrected chi connectivity index (χ1v) is 7.41. The van der Waals surface area contributed by atoms with Gasteiger partial charge in [0.15, 0.2) is 0 Å². The summed E-state index contributed by atoms with van der Waals surface area (Å²) >= 11 is 0. The van der Waals surface area contributed by atoms with Gasteiger partial charge < -0.3 is 15.2 Å². The van der Waals surface area contributed by atoms with Crippen molar-refractivity contribution >= 4 is 41.5 Å². The largest absolute Gasteiger partial charge is 0.369 e. The van der Waals surface area contributed by atoms with Crippen LogP contribution >= 0.6 is 24.8 Å². The average Bonchev–Trinajstić information content (AvgIpc) is 3.00. The van der Waals surface area contributed by atoms with Crippen LogP contribution < -0.4 is 10.2 Å². The molecule has 1 fully saturated rings. The molecule has 1 saturated heterocycles. The van der Waals surface area contributed by atoms with E-state index >= 15 is 0 Å². The van der Waals surface area contributed by atoms with Gasteiger partial charge in [-0.2, -0.15) is 0 Å². The second kappa shape index (κ2) is 7.68. The molecule has 23 heavy (non-hydrogen) atoms. The van der Waals surface area contributed by atoms with E-state index in [1.54, 1.807) is 0 Å². The fraction of sp³-hybridized carbons (Fsp3) is 0.235. The highest BCUT2D eigenvalue weighted by atomic mass is 35.5. The van der Waals surface area contributed by atoms with Gasteiger partial charge in [-0.05, 0) is 24.3 Å². The minimum Gasteiger partial charge on any atom is -0.369 e. The summed E-state index contributed by atoms with van der Waals surface area (Å²) in [5.41, 5.74) is 4.51. The van der Waals surface area contributed by atoms with Crippen LogP contribution in [0.3, 0.4) is 0 Å². The zero-order valence-electron chi connectivity index (χ0n) is 12.7. The van der Waals surface area contributed by atoms with Crippen LogP contribution in [0.2, 0.25) is 0 Å². The second-order valence-electron chi connectivity index (χ2n) is 5.39. The predicted molar refractivity (Wildman–Crippen MR) is 101 cm³/mol. The molecule has 0 unspecified atom stereocenters. The fourth-order valence-corrected chi connectivity index (χ4v) is 2.86. The standard InChI is InChI=1S/C17H18N4.2ClH/c1-2-7-16-15(6-1)19-17(20-16)13-4-3-5-14(12-13)21-10-8-18-9-11-21;;/h1-7,12,18H,8-11H2,(H,19,20);2*1H. The summed E-state index contributed by atoms with van der Waals surface area (Å²) in [5, 5.41) is 3.39. The van der Waals surface area contributed by atoms with Gasteiger partial charge in [-0.3, -0.25) is 0 Å². The summed E-state index contributed by atoms with van der Waals surface area (Å²) in [5.74, 6) is 0.938. The van der Waals surface area contributed by atoms with Crippen LogP contribution in [0, 0.1) is 0 Å². The molecule has 122 valence electrons. The number of para-hydroxylation sites is 2. The Hall–Kier alpha value is -1.75. The molecule has 4 nitrogen and oxygen atoms in total. The van der Waals surface area contributed by atoms with Gasteiger partial charge in [-0.15, -0.1) is 24.8 Å². The summed E-state index contributed by atoms with van der Waals surface area (Å²) in [4.78, 5) is 10.5. The Kier molecular flexibility index (Phi) is 5.88. The quantitative estimate of drug-likeness (QED) is 0.743. The molecule has 0 bridgehead atoms. The number of H-pyrrole nitrogens is 1. The number of aromatic amines is 1. The van der Waals surface area contributed by atoms with E-state index < -0.39 is 0 Å². The Labute approximate surface area is 148 Å². The van der Waals surface area contributed by atoms with Gasteiger partial charge in [0.2, 0.25) is 0 Å². The lowest BCUT2D eigenvalue weighted by molar-refractivity contribution is 0.589. The SMILES string of the molecule is Cl.Cl.c1cc(-c2nc3ccccc3[nH]2)cc(N2CCNCC2)c1. The highest BCUT2D eigenvalue weighted by molar-refractivity contribution is 5.85. The molecule has 2 N–H and O–H groups in total. The third-order valence-electron chi connectivity index (χ3n) is 3.99. The van der Waals surface area contributed by atoms with Gasteiger partial charge in [0.1, 0.15) is 5.82 Å². The van der Waals surface area contributed by atoms with Crippen molar-refractivity contribution in [2.45, 2.75) is 0 Å². The molecule has 0 spiro atoms. The number of nitrogens with zero attached hydrogens (tertiary/aromatic N) is 2. The maximum absolute atomic E-state index is 4.68. The summed E-state index contributed by atoms with van der Waals surface area (Å²) in [7, 11) is 0. The molecule has 1 aromatic heterocycles. The van der Waals surface area contributed by atoms with Crippen molar-refractivity contribution in [3.05, 3.63) is 48.5 Å². The molecule has 0 aliphatic carbocycles. The fourth-order valence-electron chi connectivity index (χ4n) is 2.86. The molecule has 4 rings (SSSR count). The first-order valence-electron chi connectivity index (χ1n) is 7.41. The van der Waals surface area contributed by atoms with Crippen molar-refractivity contribution in [3.8, 4) is 11.4 Å². The number of piperazine rings is 1. The summed E-state index contributed by atoms with van der Waals surface area (Å²) in [6.45, 7) is 4.22. The summed E-state index contributed by atoms with van der Waals surface area (Å²) < 4.78 is 0. The van der Waals surface area contributed by atoms with Crippen molar-refractivity contribution in [1.82, 2.24) is 15.3 Å². The van der Waals surface area contributed by atoms with E-state index in [0.717, 1.165) is 48.6 Å². The lowest BCUT2D eigenvalue weighted by atomic mass is 10.1. The third kappa shape index (κ3) is 3.61. The van der Waals surface area contributed by atoms with Crippen molar-refractivity contribution in [3.63, 3.8) is 0 Å². The van der Waals surface area contributed by atoms with Gasteiger partial charge in [0, 0.05) is 37.4 Å². The zero-order valence-corrected chi connectivity index (χ0v) is 14.3. The topological polar surface area (TPSA) is 44.0 Å². The molecule has 1 aliphatic rings. The normalized spacial score (nSPS) is 14.2. The predicted octanol–water partition coefficient (Wildman–Crippen LogP) is 3.48. The number of benzene rings is 2. The molecule has 3 aromatic rings. The lowest BCUT2D eigenvalue weighted by Crippen LogP contribution is -2.43. The number of fused-ring (bicyclic) bond motifs is 1. The molecular weight excluding hydrogens is 331 g/mol. The molecule has 2 aromatic carbocycles. The Balaban J connectivity index is 0.000000960. The molecule has 0 amide bonds. The van der Waals surface area contributed by atoms with Crippen molar-refractivity contribution in [2.24, 2.45) is 0 Å². The van der Waals surface area contributed by atoms with Crippen LogP contribution in [0.1, 0.15) is 0 Å². The van der Waals surface area contributed by atoms with E-state index in [-0.39, 0.29) is 24.8 Å². The number of aromatic nitrogens is 2. The molecule has 0 radical (unpaired) electrons. The molecular formula is C17H20Cl2N4. The average molecular weight is 351 g/mol. The smallest absolute Gasteiger partial charge is 0.138 e. The van der Waals surface area contributed by atoms with E-state index in [1.165, 1.54) is 5.69 Å². The van der Waals surface area contributed by atoms with Crippen LogP contribution in [-0.4, -0.2) is 36.1 Å². The first-order chi connectivity index (χ1) is 10.4. The molecule has 0 atom stereocenters. The molecule has 1 aliphatic heterocycles. The Morgan fingerprint density at radius 2 is 1.70 bits per heavy atom. The number of hydrogen-bond acceptors (Lipinski definition) is 3. The van der Waals surface area contributed by atoms with Crippen LogP contribution in [0.5, 0.6) is 0 Å². The molecule has 6 heteroatoms. The van der Waals surface area contributed by atoms with E-state index in [4.69, 9.17) is 0 Å². The Bertz CT molecular complexity index is 733. The van der Waals surface area contributed by atoms with Crippen molar-refractivity contribution in [1.29, 1.82) is 0 Å². The Morgan fingerprint density at radius 1 is 0.913 bits per heavy atom. The summed E-state index contributed by atoms with van der Waals surface area (Å²) in [6.07, 6.45) is 0. The van der Waals surface area contributed by atoms with Gasteiger partial charge in [-0.25, -0.2) is 4.98 Å². The number of hydrogen-bond donors (Lipinski definition) is 2. The molecule has 0 saturated carbocycles. The van der Waals surface area contributed by atoms with Crippen LogP contribution in [-0.2, 0) is 0 Å². The van der Waals surface area contributed by atoms with E-state index in [1.807, 2.05) is 18.2 Å².